The van der Waals surface area contributed by atoms with Crippen molar-refractivity contribution in [2.45, 2.75) is 32.5 Å². The maximum Gasteiger partial charge on any atom is 0.419 e. The molecule has 0 aliphatic carbocycles. The fourth-order valence-corrected chi connectivity index (χ4v) is 0.763. The van der Waals surface area contributed by atoms with Crippen molar-refractivity contribution in [3.05, 3.63) is 0 Å². The van der Waals surface area contributed by atoms with Crippen LogP contribution >= 0.6 is 0 Å². The molecule has 0 heterocycles. The number of alkyl halides is 3. The van der Waals surface area contributed by atoms with Gasteiger partial charge >= 0.3 is 12.1 Å². The lowest BCUT2D eigenvalue weighted by Gasteiger charge is -2.19. The van der Waals surface area contributed by atoms with Crippen molar-refractivity contribution < 1.29 is 27.5 Å². The van der Waals surface area contributed by atoms with E-state index in [1.54, 1.807) is 5.32 Å². The molecule has 0 bridgehead atoms. The van der Waals surface area contributed by atoms with Crippen LogP contribution in [0.4, 0.5) is 13.2 Å². The largest absolute Gasteiger partial charge is 0.464 e. The maximum absolute atomic E-state index is 12.3. The Kier molecular flexibility index (Phi) is 5.10. The second-order valence-corrected chi connectivity index (χ2v) is 2.65. The number of esters is 1. The molecule has 0 fully saturated rings. The molecular formula is C8H12F3NO3. The molecule has 4 nitrogen and oxygen atoms in total. The summed E-state index contributed by atoms with van der Waals surface area (Å²) in [5.41, 5.74) is 0. The van der Waals surface area contributed by atoms with Gasteiger partial charge in [0.15, 0.2) is 0 Å². The Morgan fingerprint density at radius 2 is 1.87 bits per heavy atom. The van der Waals surface area contributed by atoms with Crippen molar-refractivity contribution in [2.75, 3.05) is 6.61 Å². The van der Waals surface area contributed by atoms with Gasteiger partial charge in [-0.15, -0.1) is 0 Å². The zero-order chi connectivity index (χ0) is 12.1. The van der Waals surface area contributed by atoms with Crippen molar-refractivity contribution in [3.63, 3.8) is 0 Å². The summed E-state index contributed by atoms with van der Waals surface area (Å²) in [6.07, 6.45) is -4.97. The Balaban J connectivity index is 4.59. The van der Waals surface area contributed by atoms with E-state index in [1.807, 2.05) is 0 Å². The van der Waals surface area contributed by atoms with Gasteiger partial charge in [-0.05, 0) is 6.92 Å². The van der Waals surface area contributed by atoms with E-state index in [2.05, 4.69) is 4.74 Å². The number of amides is 1. The topological polar surface area (TPSA) is 55.4 Å². The van der Waals surface area contributed by atoms with Gasteiger partial charge in [0.25, 0.3) is 0 Å². The quantitative estimate of drug-likeness (QED) is 0.729. The zero-order valence-electron chi connectivity index (χ0n) is 8.35. The van der Waals surface area contributed by atoms with E-state index in [0.717, 1.165) is 0 Å². The highest BCUT2D eigenvalue weighted by molar-refractivity contribution is 5.84. The van der Waals surface area contributed by atoms with Crippen LogP contribution in [0.15, 0.2) is 0 Å². The third kappa shape index (κ3) is 4.66. The molecule has 0 spiro atoms. The van der Waals surface area contributed by atoms with E-state index in [4.69, 9.17) is 0 Å². The van der Waals surface area contributed by atoms with Gasteiger partial charge in [-0.3, -0.25) is 4.79 Å². The lowest BCUT2D eigenvalue weighted by atomic mass is 10.2. The number of hydrogen-bond donors (Lipinski definition) is 1. The molecule has 0 aliphatic heterocycles. The second-order valence-electron chi connectivity index (χ2n) is 2.65. The molecule has 1 amide bonds. The van der Waals surface area contributed by atoms with Crippen LogP contribution in [0.2, 0.25) is 0 Å². The van der Waals surface area contributed by atoms with Crippen LogP contribution in [0, 0.1) is 0 Å². The average molecular weight is 227 g/mol. The van der Waals surface area contributed by atoms with Crippen LogP contribution in [0.5, 0.6) is 0 Å². The van der Waals surface area contributed by atoms with E-state index < -0.39 is 24.1 Å². The molecule has 7 heteroatoms. The maximum atomic E-state index is 12.3. The first kappa shape index (κ1) is 13.7. The number of hydrogen-bond acceptors (Lipinski definition) is 3. The summed E-state index contributed by atoms with van der Waals surface area (Å²) >= 11 is 0. The van der Waals surface area contributed by atoms with Crippen LogP contribution in [0.1, 0.15) is 20.3 Å². The van der Waals surface area contributed by atoms with Crippen LogP contribution in [-0.4, -0.2) is 30.7 Å². The second kappa shape index (κ2) is 5.57. The van der Waals surface area contributed by atoms with Gasteiger partial charge in [-0.1, -0.05) is 6.92 Å². The number of carbonyl (C=O) groups is 2. The predicted molar refractivity (Wildman–Crippen MR) is 44.9 cm³/mol. The summed E-state index contributed by atoms with van der Waals surface area (Å²) < 4.78 is 41.0. The molecule has 0 aromatic rings. The first-order chi connectivity index (χ1) is 6.82. The molecule has 88 valence electrons. The van der Waals surface area contributed by atoms with Crippen LogP contribution in [0.3, 0.4) is 0 Å². The van der Waals surface area contributed by atoms with E-state index in [0.29, 0.717) is 0 Å². The molecule has 0 aromatic carbocycles. The Bertz CT molecular complexity index is 240. The molecular weight excluding hydrogens is 215 g/mol. The third-order valence-corrected chi connectivity index (χ3v) is 1.48. The number of carbonyl (C=O) groups excluding carboxylic acids is 2. The third-order valence-electron chi connectivity index (χ3n) is 1.48. The fourth-order valence-electron chi connectivity index (χ4n) is 0.763. The Morgan fingerprint density at radius 3 is 2.20 bits per heavy atom. The summed E-state index contributed by atoms with van der Waals surface area (Å²) in [4.78, 5) is 21.6. The van der Waals surface area contributed by atoms with E-state index in [-0.39, 0.29) is 13.0 Å². The van der Waals surface area contributed by atoms with Crippen molar-refractivity contribution in [1.29, 1.82) is 0 Å². The van der Waals surface area contributed by atoms with Gasteiger partial charge in [0.1, 0.15) is 0 Å². The van der Waals surface area contributed by atoms with Crippen LogP contribution < -0.4 is 5.32 Å². The summed E-state index contributed by atoms with van der Waals surface area (Å²) in [6, 6.07) is -2.58. The monoisotopic (exact) mass is 227 g/mol. The van der Waals surface area contributed by atoms with Crippen molar-refractivity contribution in [2.24, 2.45) is 0 Å². The Hall–Kier alpha value is -1.27. The van der Waals surface area contributed by atoms with Crippen molar-refractivity contribution in [1.82, 2.24) is 5.32 Å². The molecule has 0 saturated heterocycles. The van der Waals surface area contributed by atoms with Crippen molar-refractivity contribution in [3.8, 4) is 0 Å². The van der Waals surface area contributed by atoms with E-state index in [1.165, 1.54) is 13.8 Å². The van der Waals surface area contributed by atoms with E-state index >= 15 is 0 Å². The Labute approximate surface area is 84.8 Å². The highest BCUT2D eigenvalue weighted by Gasteiger charge is 2.46. The highest BCUT2D eigenvalue weighted by Crippen LogP contribution is 2.21. The van der Waals surface area contributed by atoms with Gasteiger partial charge in [-0.25, -0.2) is 4.79 Å². The molecule has 1 N–H and O–H groups in total. The minimum atomic E-state index is -4.84. The van der Waals surface area contributed by atoms with Gasteiger partial charge in [-0.2, -0.15) is 13.2 Å². The van der Waals surface area contributed by atoms with Gasteiger partial charge < -0.3 is 10.1 Å². The number of halogens is 3. The summed E-state index contributed by atoms with van der Waals surface area (Å²) in [5.74, 6) is -2.35. The predicted octanol–water partition coefficient (Wildman–Crippen LogP) is 1.01. The van der Waals surface area contributed by atoms with Crippen LogP contribution in [0.25, 0.3) is 0 Å². The molecule has 1 unspecified atom stereocenters. The molecule has 0 aliphatic rings. The normalized spacial score (nSPS) is 13.1. The highest BCUT2D eigenvalue weighted by atomic mass is 19.4. The molecule has 0 saturated carbocycles. The number of nitrogens with one attached hydrogen (secondary N) is 1. The average Bonchev–Trinajstić information content (AvgIpc) is 2.12. The standard InChI is InChI=1S/C8H12F3NO3/c1-3-5(13)12-6(8(9,10)11)7(14)15-4-2/h6H,3-4H2,1-2H3,(H,12,13). The SMILES string of the molecule is CCOC(=O)C(NC(=O)CC)C(F)(F)F. The van der Waals surface area contributed by atoms with Gasteiger partial charge in [0.05, 0.1) is 6.61 Å². The summed E-state index contributed by atoms with van der Waals surface area (Å²) in [6.45, 7) is 2.59. The minimum absolute atomic E-state index is 0.133. The molecule has 15 heavy (non-hydrogen) atoms. The molecule has 0 radical (unpaired) electrons. The van der Waals surface area contributed by atoms with E-state index in [9.17, 15) is 22.8 Å². The van der Waals surface area contributed by atoms with Crippen molar-refractivity contribution >= 4 is 11.9 Å². The zero-order valence-corrected chi connectivity index (χ0v) is 8.35. The summed E-state index contributed by atoms with van der Waals surface area (Å²) in [7, 11) is 0. The lowest BCUT2D eigenvalue weighted by Crippen LogP contribution is -2.51. The first-order valence-corrected chi connectivity index (χ1v) is 4.35. The van der Waals surface area contributed by atoms with Gasteiger partial charge in [0.2, 0.25) is 11.9 Å². The molecule has 1 atom stereocenters. The van der Waals surface area contributed by atoms with Gasteiger partial charge in [0, 0.05) is 6.42 Å². The summed E-state index contributed by atoms with van der Waals surface area (Å²) in [5, 5.41) is 1.55. The number of rotatable bonds is 4. The minimum Gasteiger partial charge on any atom is -0.464 e. The smallest absolute Gasteiger partial charge is 0.419 e. The Morgan fingerprint density at radius 1 is 1.33 bits per heavy atom. The fraction of sp³-hybridized carbons (Fsp3) is 0.750. The molecule has 0 aromatic heterocycles. The van der Waals surface area contributed by atoms with Crippen LogP contribution in [-0.2, 0) is 14.3 Å². The molecule has 0 rings (SSSR count). The first-order valence-electron chi connectivity index (χ1n) is 4.35. The lowest BCUT2D eigenvalue weighted by molar-refractivity contribution is -0.185. The number of ether oxygens (including phenoxy) is 1.